The Hall–Kier alpha value is -2.01. The summed E-state index contributed by atoms with van der Waals surface area (Å²) in [5.74, 6) is 2.43. The van der Waals surface area contributed by atoms with E-state index in [4.69, 9.17) is 4.74 Å². The summed E-state index contributed by atoms with van der Waals surface area (Å²) in [5.41, 5.74) is 3.23. The number of rotatable bonds is 8. The minimum absolute atomic E-state index is 0.160. The van der Waals surface area contributed by atoms with E-state index >= 15 is 0 Å². The molecule has 0 spiro atoms. The minimum Gasteiger partial charge on any atom is -0.457 e. The van der Waals surface area contributed by atoms with Crippen LogP contribution in [0.3, 0.4) is 0 Å². The van der Waals surface area contributed by atoms with Gasteiger partial charge in [0.2, 0.25) is 10.0 Å². The molecule has 1 aliphatic carbocycles. The van der Waals surface area contributed by atoms with Gasteiger partial charge in [0.05, 0.1) is 5.75 Å². The molecule has 2 aromatic rings. The summed E-state index contributed by atoms with van der Waals surface area (Å²) in [6.07, 6.45) is 4.76. The third kappa shape index (κ3) is 4.79. The Morgan fingerprint density at radius 1 is 1.08 bits per heavy atom. The van der Waals surface area contributed by atoms with Crippen LogP contribution < -0.4 is 9.46 Å². The van der Waals surface area contributed by atoms with Gasteiger partial charge in [-0.1, -0.05) is 38.8 Å². The molecule has 0 saturated heterocycles. The van der Waals surface area contributed by atoms with E-state index < -0.39 is 10.0 Å². The van der Waals surface area contributed by atoms with E-state index in [9.17, 15) is 8.42 Å². The molecule has 1 aliphatic rings. The highest BCUT2D eigenvalue weighted by Crippen LogP contribution is 2.36. The van der Waals surface area contributed by atoms with Crippen molar-refractivity contribution in [2.24, 2.45) is 5.92 Å². The molecule has 5 heteroatoms. The summed E-state index contributed by atoms with van der Waals surface area (Å²) >= 11 is 0. The van der Waals surface area contributed by atoms with E-state index in [1.807, 2.05) is 24.3 Å². The lowest BCUT2D eigenvalue weighted by Gasteiger charge is -2.12. The Kier molecular flexibility index (Phi) is 5.87. The van der Waals surface area contributed by atoms with Crippen LogP contribution in [0.4, 0.5) is 5.69 Å². The van der Waals surface area contributed by atoms with Crippen molar-refractivity contribution in [3.8, 4) is 11.5 Å². The SMILES string of the molecule is CCCCCS(=O)(=O)Nc1ccc(Oc2cccc3c2CC(C)C3)cc1. The summed E-state index contributed by atoms with van der Waals surface area (Å²) < 4.78 is 32.8. The molecule has 0 heterocycles. The van der Waals surface area contributed by atoms with Crippen molar-refractivity contribution in [3.63, 3.8) is 0 Å². The quantitative estimate of drug-likeness (QED) is 0.651. The highest BCUT2D eigenvalue weighted by atomic mass is 32.2. The smallest absolute Gasteiger partial charge is 0.232 e. The topological polar surface area (TPSA) is 55.4 Å². The first-order chi connectivity index (χ1) is 12.5. The zero-order chi connectivity index (χ0) is 18.6. The van der Waals surface area contributed by atoms with Crippen molar-refractivity contribution in [2.45, 2.75) is 46.0 Å². The number of anilines is 1. The number of ether oxygens (including phenoxy) is 1. The highest BCUT2D eigenvalue weighted by Gasteiger charge is 2.21. The van der Waals surface area contributed by atoms with Gasteiger partial charge < -0.3 is 4.74 Å². The average molecular weight is 374 g/mol. The van der Waals surface area contributed by atoms with Crippen molar-refractivity contribution in [1.29, 1.82) is 0 Å². The predicted molar refractivity (Wildman–Crippen MR) is 106 cm³/mol. The third-order valence-corrected chi connectivity index (χ3v) is 6.10. The van der Waals surface area contributed by atoms with Crippen molar-refractivity contribution in [3.05, 3.63) is 53.6 Å². The third-order valence-electron chi connectivity index (χ3n) is 4.72. The fourth-order valence-electron chi connectivity index (χ4n) is 3.42. The standard InChI is InChI=1S/C21H27NO3S/c1-3-4-5-13-26(23,24)22-18-9-11-19(12-10-18)25-21-8-6-7-17-14-16(2)15-20(17)21/h6-12,16,22H,3-5,13-15H2,1-2H3. The lowest BCUT2D eigenvalue weighted by Crippen LogP contribution is -2.16. The van der Waals surface area contributed by atoms with Crippen molar-refractivity contribution >= 4 is 15.7 Å². The normalized spacial score (nSPS) is 16.3. The number of sulfonamides is 1. The van der Waals surface area contributed by atoms with Crippen LogP contribution in [-0.2, 0) is 22.9 Å². The number of unbranched alkanes of at least 4 members (excludes halogenated alkanes) is 2. The molecule has 0 bridgehead atoms. The summed E-state index contributed by atoms with van der Waals surface area (Å²) in [6.45, 7) is 4.31. The molecule has 1 unspecified atom stereocenters. The van der Waals surface area contributed by atoms with Gasteiger partial charge in [0, 0.05) is 5.69 Å². The molecule has 140 valence electrons. The molecule has 0 amide bonds. The Morgan fingerprint density at radius 3 is 2.58 bits per heavy atom. The van der Waals surface area contributed by atoms with Gasteiger partial charge in [-0.25, -0.2) is 8.42 Å². The maximum absolute atomic E-state index is 12.1. The van der Waals surface area contributed by atoms with Gasteiger partial charge in [0.25, 0.3) is 0 Å². The number of nitrogens with one attached hydrogen (secondary N) is 1. The molecular formula is C21H27NO3S. The second-order valence-electron chi connectivity index (χ2n) is 7.16. The molecule has 4 nitrogen and oxygen atoms in total. The number of hydrogen-bond donors (Lipinski definition) is 1. The van der Waals surface area contributed by atoms with E-state index in [1.54, 1.807) is 12.1 Å². The van der Waals surface area contributed by atoms with Gasteiger partial charge in [-0.05, 0) is 66.6 Å². The largest absolute Gasteiger partial charge is 0.457 e. The van der Waals surface area contributed by atoms with Crippen LogP contribution in [-0.4, -0.2) is 14.2 Å². The summed E-state index contributed by atoms with van der Waals surface area (Å²) in [7, 11) is -3.28. The van der Waals surface area contributed by atoms with E-state index in [1.165, 1.54) is 11.1 Å². The van der Waals surface area contributed by atoms with Crippen LogP contribution >= 0.6 is 0 Å². The van der Waals surface area contributed by atoms with E-state index in [0.717, 1.165) is 31.4 Å². The first-order valence-electron chi connectivity index (χ1n) is 9.36. The van der Waals surface area contributed by atoms with Gasteiger partial charge in [-0.2, -0.15) is 0 Å². The lowest BCUT2D eigenvalue weighted by atomic mass is 10.1. The molecule has 0 aromatic heterocycles. The Bertz CT molecular complexity index is 844. The van der Waals surface area contributed by atoms with Gasteiger partial charge in [-0.15, -0.1) is 0 Å². The fraction of sp³-hybridized carbons (Fsp3) is 0.429. The van der Waals surface area contributed by atoms with E-state index in [-0.39, 0.29) is 5.75 Å². The minimum atomic E-state index is -3.28. The fourth-order valence-corrected chi connectivity index (χ4v) is 4.60. The van der Waals surface area contributed by atoms with Crippen molar-refractivity contribution in [1.82, 2.24) is 0 Å². The number of benzene rings is 2. The molecule has 1 N–H and O–H groups in total. The van der Waals surface area contributed by atoms with E-state index in [0.29, 0.717) is 23.8 Å². The summed E-state index contributed by atoms with van der Waals surface area (Å²) in [5, 5.41) is 0. The molecule has 0 aliphatic heterocycles. The van der Waals surface area contributed by atoms with Crippen LogP contribution in [0.1, 0.15) is 44.2 Å². The molecular weight excluding hydrogens is 346 g/mol. The number of fused-ring (bicyclic) bond motifs is 1. The van der Waals surface area contributed by atoms with Crippen molar-refractivity contribution < 1.29 is 13.2 Å². The zero-order valence-electron chi connectivity index (χ0n) is 15.5. The maximum atomic E-state index is 12.1. The molecule has 2 aromatic carbocycles. The van der Waals surface area contributed by atoms with Crippen molar-refractivity contribution in [2.75, 3.05) is 10.5 Å². The van der Waals surface area contributed by atoms with Gasteiger partial charge in [-0.3, -0.25) is 4.72 Å². The average Bonchev–Trinajstić information content (AvgIpc) is 2.98. The molecule has 3 rings (SSSR count). The molecule has 0 radical (unpaired) electrons. The monoisotopic (exact) mass is 373 g/mol. The Balaban J connectivity index is 1.65. The maximum Gasteiger partial charge on any atom is 0.232 e. The van der Waals surface area contributed by atoms with Crippen LogP contribution in [0.25, 0.3) is 0 Å². The van der Waals surface area contributed by atoms with E-state index in [2.05, 4.69) is 24.6 Å². The highest BCUT2D eigenvalue weighted by molar-refractivity contribution is 7.92. The summed E-state index contributed by atoms with van der Waals surface area (Å²) in [6, 6.07) is 13.3. The number of hydrogen-bond acceptors (Lipinski definition) is 3. The predicted octanol–water partition coefficient (Wildman–Crippen LogP) is 5.15. The molecule has 0 fully saturated rings. The first-order valence-corrected chi connectivity index (χ1v) is 11.0. The molecule has 0 saturated carbocycles. The van der Waals surface area contributed by atoms with Crippen LogP contribution in [0.5, 0.6) is 11.5 Å². The Labute approximate surface area is 156 Å². The molecule has 26 heavy (non-hydrogen) atoms. The lowest BCUT2D eigenvalue weighted by molar-refractivity contribution is 0.474. The summed E-state index contributed by atoms with van der Waals surface area (Å²) in [4.78, 5) is 0. The van der Waals surface area contributed by atoms with Gasteiger partial charge in [0.15, 0.2) is 0 Å². The molecule has 1 atom stereocenters. The first kappa shape index (κ1) is 18.8. The van der Waals surface area contributed by atoms with Gasteiger partial charge >= 0.3 is 0 Å². The van der Waals surface area contributed by atoms with Crippen LogP contribution in [0.15, 0.2) is 42.5 Å². The van der Waals surface area contributed by atoms with Crippen LogP contribution in [0, 0.1) is 5.92 Å². The second kappa shape index (κ2) is 8.12. The van der Waals surface area contributed by atoms with Crippen LogP contribution in [0.2, 0.25) is 0 Å². The van der Waals surface area contributed by atoms with Gasteiger partial charge in [0.1, 0.15) is 11.5 Å². The zero-order valence-corrected chi connectivity index (χ0v) is 16.3. The Morgan fingerprint density at radius 2 is 1.85 bits per heavy atom. The second-order valence-corrected chi connectivity index (χ2v) is 9.00.